The van der Waals surface area contributed by atoms with Gasteiger partial charge in [0, 0.05) is 11.8 Å². The SMILES string of the molecule is CC(Nc1ncnc2[nH]cnc12)c1cc2ccc(F)cc2c(=O)n1-c1cc(F)cc(F)c1. The summed E-state index contributed by atoms with van der Waals surface area (Å²) >= 11 is 0. The van der Waals surface area contributed by atoms with Crippen molar-refractivity contribution in [3.05, 3.63) is 88.6 Å². The maximum absolute atomic E-state index is 14.0. The van der Waals surface area contributed by atoms with Gasteiger partial charge < -0.3 is 10.3 Å². The highest BCUT2D eigenvalue weighted by Gasteiger charge is 2.19. The zero-order chi connectivity index (χ0) is 22.4. The van der Waals surface area contributed by atoms with Gasteiger partial charge in [0.05, 0.1) is 23.4 Å². The number of benzene rings is 2. The lowest BCUT2D eigenvalue weighted by Crippen LogP contribution is -2.26. The van der Waals surface area contributed by atoms with Gasteiger partial charge in [-0.25, -0.2) is 28.1 Å². The average Bonchev–Trinajstić information content (AvgIpc) is 3.23. The molecule has 0 aliphatic heterocycles. The second kappa shape index (κ2) is 7.49. The second-order valence-corrected chi connectivity index (χ2v) is 7.26. The lowest BCUT2D eigenvalue weighted by molar-refractivity contribution is 0.580. The highest BCUT2D eigenvalue weighted by molar-refractivity contribution is 5.84. The predicted molar refractivity (Wildman–Crippen MR) is 113 cm³/mol. The van der Waals surface area contributed by atoms with E-state index in [9.17, 15) is 18.0 Å². The molecule has 2 N–H and O–H groups in total. The number of aromatic nitrogens is 5. The molecular weight excluding hydrogens is 421 g/mol. The van der Waals surface area contributed by atoms with Gasteiger partial charge in [0.2, 0.25) is 0 Å². The zero-order valence-corrected chi connectivity index (χ0v) is 16.6. The van der Waals surface area contributed by atoms with Crippen molar-refractivity contribution < 1.29 is 13.2 Å². The molecule has 0 saturated heterocycles. The predicted octanol–water partition coefficient (Wildman–Crippen LogP) is 4.25. The topological polar surface area (TPSA) is 88.5 Å². The van der Waals surface area contributed by atoms with Gasteiger partial charge in [0.15, 0.2) is 11.5 Å². The number of nitrogens with zero attached hydrogens (tertiary/aromatic N) is 4. The van der Waals surface area contributed by atoms with Crippen LogP contribution in [0.25, 0.3) is 27.6 Å². The molecule has 3 aromatic heterocycles. The molecule has 0 bridgehead atoms. The summed E-state index contributed by atoms with van der Waals surface area (Å²) in [5, 5.41) is 3.75. The van der Waals surface area contributed by atoms with Crippen molar-refractivity contribution in [3.63, 3.8) is 0 Å². The van der Waals surface area contributed by atoms with Gasteiger partial charge >= 0.3 is 0 Å². The number of rotatable bonds is 4. The average molecular weight is 436 g/mol. The first kappa shape index (κ1) is 19.7. The van der Waals surface area contributed by atoms with Gasteiger partial charge in [-0.15, -0.1) is 0 Å². The Hall–Kier alpha value is -4.21. The number of H-pyrrole nitrogens is 1. The number of fused-ring (bicyclic) bond motifs is 2. The Kier molecular flexibility index (Phi) is 4.62. The van der Waals surface area contributed by atoms with Crippen molar-refractivity contribution >= 4 is 27.8 Å². The van der Waals surface area contributed by atoms with Crippen LogP contribution < -0.4 is 10.9 Å². The molecule has 5 aromatic rings. The highest BCUT2D eigenvalue weighted by Crippen LogP contribution is 2.26. The highest BCUT2D eigenvalue weighted by atomic mass is 19.1. The first-order valence-electron chi connectivity index (χ1n) is 9.63. The quantitative estimate of drug-likeness (QED) is 0.440. The molecule has 0 saturated carbocycles. The molecule has 0 radical (unpaired) electrons. The van der Waals surface area contributed by atoms with Crippen molar-refractivity contribution in [3.8, 4) is 5.69 Å². The maximum atomic E-state index is 14.0. The zero-order valence-electron chi connectivity index (χ0n) is 16.6. The van der Waals surface area contributed by atoms with Crippen LogP contribution in [0, 0.1) is 17.5 Å². The summed E-state index contributed by atoms with van der Waals surface area (Å²) < 4.78 is 43.0. The smallest absolute Gasteiger partial charge is 0.263 e. The summed E-state index contributed by atoms with van der Waals surface area (Å²) in [6.45, 7) is 1.76. The van der Waals surface area contributed by atoms with Crippen LogP contribution in [0.3, 0.4) is 0 Å². The Morgan fingerprint density at radius 3 is 2.53 bits per heavy atom. The standard InChI is InChI=1S/C22H15F3N6O/c1-11(30-21-19-20(27-9-26-19)28-10-29-21)18-4-12-2-3-13(23)8-17(12)22(32)31(18)16-6-14(24)5-15(25)7-16/h2-11H,1H3,(H2,26,27,28,29,30). The monoisotopic (exact) mass is 436 g/mol. The summed E-state index contributed by atoms with van der Waals surface area (Å²) in [5.41, 5.74) is 0.778. The minimum Gasteiger partial charge on any atom is -0.360 e. The van der Waals surface area contributed by atoms with Crippen molar-refractivity contribution in [2.24, 2.45) is 0 Å². The van der Waals surface area contributed by atoms with E-state index in [0.29, 0.717) is 34.1 Å². The van der Waals surface area contributed by atoms with Gasteiger partial charge in [0.1, 0.15) is 29.3 Å². The summed E-state index contributed by atoms with van der Waals surface area (Å²) in [4.78, 5) is 28.7. The van der Waals surface area contributed by atoms with Crippen LogP contribution in [-0.2, 0) is 0 Å². The van der Waals surface area contributed by atoms with Gasteiger partial charge in [-0.05, 0) is 42.6 Å². The Morgan fingerprint density at radius 1 is 0.969 bits per heavy atom. The molecule has 160 valence electrons. The lowest BCUT2D eigenvalue weighted by Gasteiger charge is -2.21. The van der Waals surface area contributed by atoms with E-state index in [0.717, 1.165) is 22.8 Å². The number of halogens is 3. The van der Waals surface area contributed by atoms with Crippen LogP contribution in [0.15, 0.2) is 59.9 Å². The lowest BCUT2D eigenvalue weighted by atomic mass is 10.1. The van der Waals surface area contributed by atoms with Crippen molar-refractivity contribution in [1.82, 2.24) is 24.5 Å². The molecule has 3 heterocycles. The molecule has 2 aromatic carbocycles. The maximum Gasteiger partial charge on any atom is 0.263 e. The Balaban J connectivity index is 1.73. The van der Waals surface area contributed by atoms with E-state index in [1.54, 1.807) is 13.0 Å². The number of hydrogen-bond acceptors (Lipinski definition) is 5. The molecule has 32 heavy (non-hydrogen) atoms. The molecule has 0 amide bonds. The molecule has 1 unspecified atom stereocenters. The van der Waals surface area contributed by atoms with E-state index < -0.39 is 29.1 Å². The van der Waals surface area contributed by atoms with E-state index in [4.69, 9.17) is 0 Å². The van der Waals surface area contributed by atoms with Crippen LogP contribution in [0.2, 0.25) is 0 Å². The third-order valence-electron chi connectivity index (χ3n) is 5.13. The summed E-state index contributed by atoms with van der Waals surface area (Å²) in [6, 6.07) is 7.74. The minimum atomic E-state index is -0.841. The second-order valence-electron chi connectivity index (χ2n) is 7.26. The van der Waals surface area contributed by atoms with Gasteiger partial charge in [-0.1, -0.05) is 6.07 Å². The number of aromatic amines is 1. The third-order valence-corrected chi connectivity index (χ3v) is 5.13. The molecule has 0 spiro atoms. The Labute approximate surface area is 178 Å². The van der Waals surface area contributed by atoms with Crippen LogP contribution in [0.5, 0.6) is 0 Å². The number of pyridine rings is 1. The molecule has 10 heteroatoms. The number of hydrogen-bond donors (Lipinski definition) is 2. The molecular formula is C22H15F3N6O. The van der Waals surface area contributed by atoms with Crippen LogP contribution in [-0.4, -0.2) is 24.5 Å². The van der Waals surface area contributed by atoms with Crippen LogP contribution in [0.1, 0.15) is 18.7 Å². The van der Waals surface area contributed by atoms with E-state index in [-0.39, 0.29) is 11.1 Å². The van der Waals surface area contributed by atoms with E-state index in [2.05, 4.69) is 25.3 Å². The molecule has 5 rings (SSSR count). The van der Waals surface area contributed by atoms with Gasteiger partial charge in [-0.2, -0.15) is 0 Å². The summed E-state index contributed by atoms with van der Waals surface area (Å²) in [7, 11) is 0. The first-order valence-corrected chi connectivity index (χ1v) is 9.63. The summed E-state index contributed by atoms with van der Waals surface area (Å²) in [5.74, 6) is -1.86. The van der Waals surface area contributed by atoms with Crippen molar-refractivity contribution in [2.75, 3.05) is 5.32 Å². The Morgan fingerprint density at radius 2 is 1.75 bits per heavy atom. The Bertz CT molecular complexity index is 1520. The molecule has 0 fully saturated rings. The molecule has 0 aliphatic carbocycles. The normalized spacial score (nSPS) is 12.4. The van der Waals surface area contributed by atoms with Gasteiger partial charge in [-0.3, -0.25) is 9.36 Å². The number of imidazole rings is 1. The first-order chi connectivity index (χ1) is 15.4. The molecule has 0 aliphatic rings. The minimum absolute atomic E-state index is 0.0186. The van der Waals surface area contributed by atoms with Crippen molar-refractivity contribution in [1.29, 1.82) is 0 Å². The fourth-order valence-corrected chi connectivity index (χ4v) is 3.70. The number of nitrogens with one attached hydrogen (secondary N) is 2. The van der Waals surface area contributed by atoms with Crippen molar-refractivity contribution in [2.45, 2.75) is 13.0 Å². The van der Waals surface area contributed by atoms with E-state index in [1.807, 2.05) is 0 Å². The van der Waals surface area contributed by atoms with Crippen LogP contribution in [0.4, 0.5) is 19.0 Å². The third kappa shape index (κ3) is 3.35. The number of anilines is 1. The molecule has 1 atom stereocenters. The fourth-order valence-electron chi connectivity index (χ4n) is 3.70. The van der Waals surface area contributed by atoms with E-state index in [1.165, 1.54) is 24.8 Å². The van der Waals surface area contributed by atoms with Crippen LogP contribution >= 0.6 is 0 Å². The largest absolute Gasteiger partial charge is 0.360 e. The fraction of sp³-hybridized carbons (Fsp3) is 0.0909. The summed E-state index contributed by atoms with van der Waals surface area (Å²) in [6.07, 6.45) is 2.83. The molecule has 7 nitrogen and oxygen atoms in total. The van der Waals surface area contributed by atoms with E-state index >= 15 is 0 Å². The van der Waals surface area contributed by atoms with Gasteiger partial charge in [0.25, 0.3) is 5.56 Å².